The zero-order valence-electron chi connectivity index (χ0n) is 23.8. The molecular weight excluding hydrogens is 524 g/mol. The number of nitrogens with zero attached hydrogens (tertiary/aromatic N) is 3. The van der Waals surface area contributed by atoms with E-state index in [1.807, 2.05) is 42.6 Å². The first-order valence-electron chi connectivity index (χ1n) is 14.1. The molecule has 1 saturated heterocycles. The van der Waals surface area contributed by atoms with Crippen molar-refractivity contribution < 1.29 is 4.74 Å². The Morgan fingerprint density at radius 3 is 2.12 bits per heavy atom. The predicted octanol–water partition coefficient (Wildman–Crippen LogP) is 8.33. The van der Waals surface area contributed by atoms with Crippen LogP contribution in [-0.2, 0) is 6.42 Å². The minimum Gasteiger partial charge on any atom is -0.457 e. The van der Waals surface area contributed by atoms with E-state index in [0.29, 0.717) is 5.11 Å². The molecule has 1 N–H and O–H groups in total. The highest BCUT2D eigenvalue weighted by molar-refractivity contribution is 7.80. The minimum absolute atomic E-state index is 0.0869. The molecule has 0 amide bonds. The van der Waals surface area contributed by atoms with Gasteiger partial charge in [0.15, 0.2) is 5.11 Å². The molecule has 0 radical (unpaired) electrons. The number of ether oxygens (including phenoxy) is 1. The number of hydrogen-bond donors (Lipinski definition) is 1. The first kappa shape index (κ1) is 26.8. The van der Waals surface area contributed by atoms with E-state index in [1.54, 1.807) is 0 Å². The Morgan fingerprint density at radius 1 is 0.829 bits per heavy atom. The molecule has 6 heteroatoms. The topological polar surface area (TPSA) is 42.3 Å². The highest BCUT2D eigenvalue weighted by atomic mass is 32.1. The Kier molecular flexibility index (Phi) is 7.33. The van der Waals surface area contributed by atoms with Crippen LogP contribution in [0, 0.1) is 20.8 Å². The maximum Gasteiger partial charge on any atom is 0.174 e. The number of thiocarbonyl (C=S) groups is 1. The summed E-state index contributed by atoms with van der Waals surface area (Å²) >= 11 is 5.98. The summed E-state index contributed by atoms with van der Waals surface area (Å²) in [6.07, 6.45) is 2.87. The van der Waals surface area contributed by atoms with Gasteiger partial charge in [0.1, 0.15) is 11.5 Å². The molecular formula is C35H34N4OS. The van der Waals surface area contributed by atoms with Crippen LogP contribution in [0.5, 0.6) is 11.5 Å². The van der Waals surface area contributed by atoms with Crippen molar-refractivity contribution in [1.82, 2.24) is 14.9 Å². The van der Waals surface area contributed by atoms with Gasteiger partial charge in [-0.25, -0.2) is 0 Å². The van der Waals surface area contributed by atoms with Gasteiger partial charge in [0.2, 0.25) is 0 Å². The number of rotatable bonds is 7. The third-order valence-corrected chi connectivity index (χ3v) is 8.18. The highest BCUT2D eigenvalue weighted by Crippen LogP contribution is 2.44. The summed E-state index contributed by atoms with van der Waals surface area (Å²) in [6, 6.07) is 33.2. The second kappa shape index (κ2) is 11.2. The Bertz CT molecular complexity index is 1660. The lowest BCUT2D eigenvalue weighted by molar-refractivity contribution is 0.482. The van der Waals surface area contributed by atoms with E-state index in [2.05, 4.69) is 103 Å². The van der Waals surface area contributed by atoms with Gasteiger partial charge >= 0.3 is 0 Å². The number of anilines is 1. The van der Waals surface area contributed by atoms with Crippen LogP contribution in [0.25, 0.3) is 5.69 Å². The van der Waals surface area contributed by atoms with Crippen LogP contribution in [0.4, 0.5) is 5.69 Å². The molecule has 2 atom stereocenters. The number of benzene rings is 3. The average molecular weight is 559 g/mol. The van der Waals surface area contributed by atoms with Gasteiger partial charge in [-0.1, -0.05) is 42.8 Å². The smallest absolute Gasteiger partial charge is 0.174 e. The summed E-state index contributed by atoms with van der Waals surface area (Å²) in [5, 5.41) is 4.27. The SMILES string of the molecule is CCc1ccc(-n2c(C)cc([C@@H]3[C@H](c4ccccn4)NC(=S)N3c3ccc(Oc4ccc(C)cc4)cc3)c2C)cc1. The second-order valence-corrected chi connectivity index (χ2v) is 11.0. The molecule has 0 saturated carbocycles. The van der Waals surface area contributed by atoms with Crippen molar-refractivity contribution in [3.63, 3.8) is 0 Å². The summed E-state index contributed by atoms with van der Waals surface area (Å²) in [6.45, 7) is 8.62. The fraction of sp³-hybridized carbons (Fsp3) is 0.200. The van der Waals surface area contributed by atoms with Crippen LogP contribution >= 0.6 is 12.2 Å². The van der Waals surface area contributed by atoms with Gasteiger partial charge in [-0.2, -0.15) is 0 Å². The molecule has 5 aromatic rings. The van der Waals surface area contributed by atoms with E-state index in [-0.39, 0.29) is 12.1 Å². The van der Waals surface area contributed by atoms with Crippen molar-refractivity contribution >= 4 is 23.0 Å². The van der Waals surface area contributed by atoms with Gasteiger partial charge in [0.05, 0.1) is 17.8 Å². The number of aryl methyl sites for hydroxylation is 3. The van der Waals surface area contributed by atoms with Crippen LogP contribution in [0.1, 0.15) is 52.8 Å². The molecule has 206 valence electrons. The number of hydrogen-bond acceptors (Lipinski definition) is 3. The summed E-state index contributed by atoms with van der Waals surface area (Å²) in [5.41, 5.74) is 9.24. The Labute approximate surface area is 247 Å². The van der Waals surface area contributed by atoms with Crippen molar-refractivity contribution in [2.75, 3.05) is 4.90 Å². The first-order valence-corrected chi connectivity index (χ1v) is 14.5. The fourth-order valence-corrected chi connectivity index (χ4v) is 6.08. The average Bonchev–Trinajstić information content (AvgIpc) is 3.49. The van der Waals surface area contributed by atoms with E-state index in [4.69, 9.17) is 21.9 Å². The predicted molar refractivity (Wildman–Crippen MR) is 170 cm³/mol. The molecule has 0 bridgehead atoms. The maximum atomic E-state index is 6.10. The Hall–Kier alpha value is -4.42. The Balaban J connectivity index is 1.39. The molecule has 1 aliphatic rings. The molecule has 1 aliphatic heterocycles. The highest BCUT2D eigenvalue weighted by Gasteiger charge is 2.42. The zero-order valence-corrected chi connectivity index (χ0v) is 24.7. The third-order valence-electron chi connectivity index (χ3n) is 7.86. The van der Waals surface area contributed by atoms with Crippen LogP contribution in [0.15, 0.2) is 103 Å². The van der Waals surface area contributed by atoms with Crippen LogP contribution in [-0.4, -0.2) is 14.7 Å². The number of aromatic nitrogens is 2. The molecule has 41 heavy (non-hydrogen) atoms. The van der Waals surface area contributed by atoms with E-state index in [0.717, 1.165) is 35.0 Å². The van der Waals surface area contributed by atoms with E-state index >= 15 is 0 Å². The largest absolute Gasteiger partial charge is 0.457 e. The van der Waals surface area contributed by atoms with Crippen molar-refractivity contribution in [2.45, 2.75) is 46.2 Å². The maximum absolute atomic E-state index is 6.10. The van der Waals surface area contributed by atoms with Crippen molar-refractivity contribution in [3.8, 4) is 17.2 Å². The summed E-state index contributed by atoms with van der Waals surface area (Å²) in [4.78, 5) is 6.95. The first-order chi connectivity index (χ1) is 19.9. The fourth-order valence-electron chi connectivity index (χ4n) is 5.73. The van der Waals surface area contributed by atoms with Crippen LogP contribution < -0.4 is 15.0 Å². The van der Waals surface area contributed by atoms with E-state index < -0.39 is 0 Å². The zero-order chi connectivity index (χ0) is 28.5. The molecule has 3 heterocycles. The van der Waals surface area contributed by atoms with Gasteiger partial charge in [0.25, 0.3) is 0 Å². The van der Waals surface area contributed by atoms with Crippen LogP contribution in [0.3, 0.4) is 0 Å². The van der Waals surface area contributed by atoms with Gasteiger partial charge < -0.3 is 19.5 Å². The minimum atomic E-state index is -0.108. The summed E-state index contributed by atoms with van der Waals surface area (Å²) < 4.78 is 8.44. The van der Waals surface area contributed by atoms with Gasteiger partial charge in [0, 0.05) is 29.0 Å². The van der Waals surface area contributed by atoms with Crippen molar-refractivity contribution in [1.29, 1.82) is 0 Å². The van der Waals surface area contributed by atoms with Gasteiger partial charge in [-0.05, 0) is 117 Å². The second-order valence-electron chi connectivity index (χ2n) is 10.6. The normalized spacial score (nSPS) is 16.6. The van der Waals surface area contributed by atoms with E-state index in [9.17, 15) is 0 Å². The lowest BCUT2D eigenvalue weighted by Gasteiger charge is -2.28. The van der Waals surface area contributed by atoms with E-state index in [1.165, 1.54) is 28.1 Å². The molecule has 0 unspecified atom stereocenters. The molecule has 2 aromatic heterocycles. The number of nitrogens with one attached hydrogen (secondary N) is 1. The molecule has 0 aliphatic carbocycles. The van der Waals surface area contributed by atoms with Crippen molar-refractivity contribution in [3.05, 3.63) is 137 Å². The molecule has 0 spiro atoms. The van der Waals surface area contributed by atoms with Crippen LogP contribution in [0.2, 0.25) is 0 Å². The standard InChI is InChI=1S/C35H34N4OS/c1-5-26-11-13-27(14-12-26)38-24(3)22-31(25(38)4)34-33(32-8-6-7-21-36-32)37-35(41)39(34)28-15-19-30(20-16-28)40-29-17-9-23(2)10-18-29/h6-22,33-34H,5H2,1-4H3,(H,37,41)/t33-,34+/m0/s1. The lowest BCUT2D eigenvalue weighted by Crippen LogP contribution is -2.29. The third kappa shape index (κ3) is 5.23. The summed E-state index contributed by atoms with van der Waals surface area (Å²) in [7, 11) is 0. The van der Waals surface area contributed by atoms with Gasteiger partial charge in [-0.3, -0.25) is 4.98 Å². The quantitative estimate of drug-likeness (QED) is 0.203. The molecule has 6 rings (SSSR count). The van der Waals surface area contributed by atoms with Crippen molar-refractivity contribution in [2.24, 2.45) is 0 Å². The summed E-state index contributed by atoms with van der Waals surface area (Å²) in [5.74, 6) is 1.59. The molecule has 5 nitrogen and oxygen atoms in total. The molecule has 1 fully saturated rings. The number of pyridine rings is 1. The molecule has 3 aromatic carbocycles. The monoisotopic (exact) mass is 558 g/mol. The Morgan fingerprint density at radius 2 is 1.49 bits per heavy atom. The van der Waals surface area contributed by atoms with Gasteiger partial charge in [-0.15, -0.1) is 0 Å². The lowest BCUT2D eigenvalue weighted by atomic mass is 9.96.